The smallest absolute Gasteiger partial charge is 0.0336 e. The topological polar surface area (TPSA) is 0 Å². The highest BCUT2D eigenvalue weighted by molar-refractivity contribution is 6.57. The van der Waals surface area contributed by atoms with Crippen molar-refractivity contribution in [2.24, 2.45) is 0 Å². The van der Waals surface area contributed by atoms with Gasteiger partial charge in [0.25, 0.3) is 0 Å². The number of hydrogen-bond acceptors (Lipinski definition) is 0. The van der Waals surface area contributed by atoms with Gasteiger partial charge in [0.15, 0.2) is 0 Å². The monoisotopic (exact) mass is 101 g/mol. The average Bonchev–Trinajstić information content (AvgIpc) is 1.84. The fourth-order valence-corrected chi connectivity index (χ4v) is 2.94. The lowest BCUT2D eigenvalue weighted by molar-refractivity contribution is 0.935. The van der Waals surface area contributed by atoms with Crippen LogP contribution in [0.2, 0.25) is 18.6 Å². The van der Waals surface area contributed by atoms with E-state index in [1.165, 1.54) is 24.9 Å². The third-order valence-electron chi connectivity index (χ3n) is 1.46. The molecule has 1 heteroatoms. The van der Waals surface area contributed by atoms with Crippen molar-refractivity contribution in [1.82, 2.24) is 0 Å². The molecule has 6 heavy (non-hydrogen) atoms. The summed E-state index contributed by atoms with van der Waals surface area (Å²) in [5, 5.41) is 0. The minimum Gasteiger partial charge on any atom is -0.0720 e. The van der Waals surface area contributed by atoms with Gasteiger partial charge in [-0.3, -0.25) is 0 Å². The molecule has 0 atom stereocenters. The minimum absolute atomic E-state index is 1.26. The van der Waals surface area contributed by atoms with Crippen LogP contribution in [0.1, 0.15) is 12.8 Å². The molecule has 1 heterocycles. The van der Waals surface area contributed by atoms with Crippen molar-refractivity contribution in [3.8, 4) is 0 Å². The molecule has 0 aliphatic carbocycles. The van der Waals surface area contributed by atoms with Crippen LogP contribution in [0.25, 0.3) is 0 Å². The van der Waals surface area contributed by atoms with Crippen LogP contribution in [0.15, 0.2) is 0 Å². The number of rotatable bonds is 0. The highest BCUT2D eigenvalue weighted by Gasteiger charge is 2.08. The largest absolute Gasteiger partial charge is 0.0720 e. The lowest BCUT2D eigenvalue weighted by atomic mass is 10.4. The molecule has 0 saturated carbocycles. The third kappa shape index (κ3) is 0.838. The Bertz CT molecular complexity index is 62.5. The zero-order valence-electron chi connectivity index (χ0n) is 5.33. The molecule has 0 aromatic carbocycles. The van der Waals surface area contributed by atoms with Crippen molar-refractivity contribution < 1.29 is 0 Å². The van der Waals surface area contributed by atoms with Crippen LogP contribution in [0.3, 0.4) is 0 Å². The molecule has 1 rings (SSSR count). The van der Waals surface area contributed by atoms with E-state index in [-0.39, 0.29) is 0 Å². The standard InChI is InChI=1S/C5H12Si/c1-6-4-2-3-5-6/h6H,2-5H2,1H3/i6D. The molecule has 0 unspecified atom stereocenters. The summed E-state index contributed by atoms with van der Waals surface area (Å²) >= 11 is 0. The summed E-state index contributed by atoms with van der Waals surface area (Å²) in [6.07, 6.45) is 2.68. The van der Waals surface area contributed by atoms with Gasteiger partial charge in [0.2, 0.25) is 0 Å². The molecule has 0 aromatic heterocycles. The third-order valence-corrected chi connectivity index (χ3v) is 3.87. The first-order valence-corrected chi connectivity index (χ1v) is 5.12. The van der Waals surface area contributed by atoms with Crippen molar-refractivity contribution in [3.63, 3.8) is 0 Å². The molecule has 1 fully saturated rings. The van der Waals surface area contributed by atoms with E-state index in [1.807, 2.05) is 0 Å². The van der Waals surface area contributed by atoms with Crippen molar-refractivity contribution in [2.75, 3.05) is 0 Å². The molecule has 0 aromatic rings. The van der Waals surface area contributed by atoms with Crippen LogP contribution in [-0.2, 0) is 0 Å². The van der Waals surface area contributed by atoms with E-state index in [9.17, 15) is 0 Å². The van der Waals surface area contributed by atoms with Crippen LogP contribution in [0, 0.1) is 0 Å². The van der Waals surface area contributed by atoms with Crippen LogP contribution in [-0.4, -0.2) is 9.96 Å². The maximum absolute atomic E-state index is 7.62. The first kappa shape index (κ1) is 3.25. The molecule has 1 aliphatic heterocycles. The van der Waals surface area contributed by atoms with Crippen molar-refractivity contribution >= 4 is 8.73 Å². The Morgan fingerprint density at radius 2 is 2.00 bits per heavy atom. The minimum atomic E-state index is -1.29. The molecule has 0 radical (unpaired) electrons. The van der Waals surface area contributed by atoms with Crippen LogP contribution in [0.4, 0.5) is 0 Å². The SMILES string of the molecule is [2H][Si]1(C)CCCC1. The van der Waals surface area contributed by atoms with Gasteiger partial charge in [-0.05, 0) is 0 Å². The van der Waals surface area contributed by atoms with Gasteiger partial charge in [-0.1, -0.05) is 31.5 Å². The predicted octanol–water partition coefficient (Wildman–Crippen LogP) is 1.64. The average molecular weight is 101 g/mol. The van der Waals surface area contributed by atoms with Crippen molar-refractivity contribution in [1.29, 1.82) is 1.23 Å². The summed E-state index contributed by atoms with van der Waals surface area (Å²) in [7, 11) is -1.29. The van der Waals surface area contributed by atoms with Gasteiger partial charge in [0.1, 0.15) is 0 Å². The van der Waals surface area contributed by atoms with Crippen molar-refractivity contribution in [3.05, 3.63) is 0 Å². The fourth-order valence-electron chi connectivity index (χ4n) is 0.979. The first-order chi connectivity index (χ1) is 3.21. The molecule has 0 amide bonds. The quantitative estimate of drug-likeness (QED) is 0.407. The molecular weight excluding hydrogens is 88.1 g/mol. The van der Waals surface area contributed by atoms with Gasteiger partial charge in [-0.15, -0.1) is 0 Å². The summed E-state index contributed by atoms with van der Waals surface area (Å²) in [5.74, 6) is 0. The van der Waals surface area contributed by atoms with Gasteiger partial charge < -0.3 is 0 Å². The Kier molecular flexibility index (Phi) is 0.964. The van der Waals surface area contributed by atoms with E-state index in [4.69, 9.17) is 1.23 Å². The normalized spacial score (nSPS) is 33.2. The second-order valence-electron chi connectivity index (χ2n) is 2.16. The second-order valence-corrected chi connectivity index (χ2v) is 5.08. The fraction of sp³-hybridized carbons (Fsp3) is 1.00. The van der Waals surface area contributed by atoms with Crippen LogP contribution in [0.5, 0.6) is 0 Å². The highest BCUT2D eigenvalue weighted by atomic mass is 28.3. The zero-order chi connectivity index (χ0) is 5.33. The van der Waals surface area contributed by atoms with E-state index >= 15 is 0 Å². The second kappa shape index (κ2) is 1.78. The molecule has 1 saturated heterocycles. The Labute approximate surface area is 42.4 Å². The maximum Gasteiger partial charge on any atom is 0.0336 e. The van der Waals surface area contributed by atoms with E-state index in [0.717, 1.165) is 0 Å². The van der Waals surface area contributed by atoms with E-state index in [2.05, 4.69) is 6.55 Å². The summed E-state index contributed by atoms with van der Waals surface area (Å²) in [6, 6.07) is 2.51. The molecule has 1 aliphatic rings. The summed E-state index contributed by atoms with van der Waals surface area (Å²) in [4.78, 5) is 0. The predicted molar refractivity (Wildman–Crippen MR) is 31.9 cm³/mol. The van der Waals surface area contributed by atoms with Gasteiger partial charge in [-0.25, -0.2) is 0 Å². The van der Waals surface area contributed by atoms with Crippen molar-refractivity contribution in [2.45, 2.75) is 31.5 Å². The van der Waals surface area contributed by atoms with E-state index < -0.39 is 8.73 Å². The van der Waals surface area contributed by atoms with Crippen LogP contribution < -0.4 is 0 Å². The molecule has 0 N–H and O–H groups in total. The Balaban J connectivity index is 2.40. The maximum atomic E-state index is 7.62. The summed E-state index contributed by atoms with van der Waals surface area (Å²) in [5.41, 5.74) is 0. The first-order valence-electron chi connectivity index (χ1n) is 3.21. The highest BCUT2D eigenvalue weighted by Crippen LogP contribution is 2.17. The van der Waals surface area contributed by atoms with Gasteiger partial charge in [0.05, 0.1) is 0 Å². The van der Waals surface area contributed by atoms with Gasteiger partial charge >= 0.3 is 0 Å². The lowest BCUT2D eigenvalue weighted by Gasteiger charge is -1.88. The molecule has 0 spiro atoms. The molecule has 0 nitrogen and oxygen atoms in total. The Morgan fingerprint density at radius 1 is 1.50 bits per heavy atom. The summed E-state index contributed by atoms with van der Waals surface area (Å²) < 4.78 is 7.62. The zero-order valence-corrected chi connectivity index (χ0v) is 5.33. The van der Waals surface area contributed by atoms with E-state index in [0.29, 0.717) is 0 Å². The van der Waals surface area contributed by atoms with Gasteiger partial charge in [0, 0.05) is 9.96 Å². The Hall–Kier alpha value is 0.217. The lowest BCUT2D eigenvalue weighted by Crippen LogP contribution is -1.94. The summed E-state index contributed by atoms with van der Waals surface area (Å²) in [6.45, 7) is 2.17. The Morgan fingerprint density at radius 3 is 2.17 bits per heavy atom. The molecule has 36 valence electrons. The number of hydrogen-bond donors (Lipinski definition) is 0. The molecular formula is C5H12Si. The van der Waals surface area contributed by atoms with Gasteiger partial charge in [-0.2, -0.15) is 0 Å². The van der Waals surface area contributed by atoms with Crippen LogP contribution >= 0.6 is 0 Å². The molecule has 0 bridgehead atoms. The van der Waals surface area contributed by atoms with E-state index in [1.54, 1.807) is 0 Å².